The first-order valence-corrected chi connectivity index (χ1v) is 15.3. The first-order chi connectivity index (χ1) is 18.6. The molecule has 4 rings (SSSR count). The van der Waals surface area contributed by atoms with Crippen LogP contribution in [0.25, 0.3) is 0 Å². The van der Waals surface area contributed by atoms with E-state index in [-0.39, 0.29) is 65.6 Å². The zero-order valence-electron chi connectivity index (χ0n) is 25.3. The van der Waals surface area contributed by atoms with Crippen LogP contribution in [0.2, 0.25) is 5.02 Å². The molecule has 2 heterocycles. The predicted molar refractivity (Wildman–Crippen MR) is 158 cm³/mol. The van der Waals surface area contributed by atoms with Gasteiger partial charge < -0.3 is 14.9 Å². The molecule has 2 amide bonds. The summed E-state index contributed by atoms with van der Waals surface area (Å²) in [6, 6.07) is 6.52. The van der Waals surface area contributed by atoms with Crippen molar-refractivity contribution < 1.29 is 19.5 Å². The van der Waals surface area contributed by atoms with E-state index in [1.807, 2.05) is 43.0 Å². The van der Waals surface area contributed by atoms with Crippen LogP contribution in [0, 0.1) is 17.3 Å². The fraction of sp³-hybridized carbons (Fsp3) is 0.719. The molecule has 40 heavy (non-hydrogen) atoms. The first kappa shape index (κ1) is 30.8. The molecule has 2 saturated heterocycles. The number of rotatable bonds is 6. The van der Waals surface area contributed by atoms with Crippen LogP contribution in [0.4, 0.5) is 0 Å². The number of carbonyl (C=O) groups excluding carboxylic acids is 2. The highest BCUT2D eigenvalue weighted by atomic mass is 35.5. The smallest absolute Gasteiger partial charge is 0.326 e. The quantitative estimate of drug-likeness (QED) is 0.475. The average Bonchev–Trinajstić information content (AvgIpc) is 3.51. The molecule has 0 bridgehead atoms. The van der Waals surface area contributed by atoms with Gasteiger partial charge in [0, 0.05) is 54.5 Å². The topological polar surface area (TPSA) is 81.2 Å². The van der Waals surface area contributed by atoms with E-state index in [1.165, 1.54) is 0 Å². The van der Waals surface area contributed by atoms with Gasteiger partial charge in [-0.3, -0.25) is 14.5 Å². The van der Waals surface area contributed by atoms with E-state index < -0.39 is 12.0 Å². The number of amides is 2. The molecule has 3 fully saturated rings. The van der Waals surface area contributed by atoms with E-state index in [9.17, 15) is 19.5 Å². The molecule has 8 heteroatoms. The van der Waals surface area contributed by atoms with Gasteiger partial charge in [-0.25, -0.2) is 4.79 Å². The Morgan fingerprint density at radius 2 is 1.60 bits per heavy atom. The van der Waals surface area contributed by atoms with Crippen LogP contribution in [0.3, 0.4) is 0 Å². The van der Waals surface area contributed by atoms with Gasteiger partial charge in [0.1, 0.15) is 6.04 Å². The van der Waals surface area contributed by atoms with Crippen LogP contribution < -0.4 is 0 Å². The van der Waals surface area contributed by atoms with Crippen LogP contribution in [0.5, 0.6) is 0 Å². The van der Waals surface area contributed by atoms with E-state index in [4.69, 9.17) is 11.6 Å². The maximum absolute atomic E-state index is 14.3. The van der Waals surface area contributed by atoms with E-state index in [1.54, 1.807) is 4.90 Å². The van der Waals surface area contributed by atoms with Gasteiger partial charge in [-0.1, -0.05) is 51.4 Å². The Bertz CT molecular complexity index is 1090. The Balaban J connectivity index is 1.63. The predicted octanol–water partition coefficient (Wildman–Crippen LogP) is 5.66. The van der Waals surface area contributed by atoms with Crippen molar-refractivity contribution in [3.63, 3.8) is 0 Å². The zero-order valence-corrected chi connectivity index (χ0v) is 26.1. The molecule has 2 aliphatic heterocycles. The summed E-state index contributed by atoms with van der Waals surface area (Å²) >= 11 is 6.17. The summed E-state index contributed by atoms with van der Waals surface area (Å²) in [5.74, 6) is -1.67. The van der Waals surface area contributed by atoms with Gasteiger partial charge in [0.05, 0.1) is 12.0 Å². The Morgan fingerprint density at radius 3 is 2.12 bits per heavy atom. The normalized spacial score (nSPS) is 27.8. The Kier molecular flexibility index (Phi) is 8.97. The number of hydrogen-bond acceptors (Lipinski definition) is 4. The summed E-state index contributed by atoms with van der Waals surface area (Å²) in [7, 11) is 0. The van der Waals surface area contributed by atoms with Crippen molar-refractivity contribution in [2.24, 2.45) is 17.3 Å². The number of carbonyl (C=O) groups is 3. The number of carboxylic acid groups (broad SMARTS) is 1. The maximum atomic E-state index is 14.3. The summed E-state index contributed by atoms with van der Waals surface area (Å²) in [6.45, 7) is 16.3. The molecular formula is C32H48ClN3O4. The fourth-order valence-corrected chi connectivity index (χ4v) is 7.10. The number of aliphatic carboxylic acids is 1. The minimum Gasteiger partial charge on any atom is -0.480 e. The lowest BCUT2D eigenvalue weighted by molar-refractivity contribution is -0.150. The second-order valence-electron chi connectivity index (χ2n) is 14.4. The van der Waals surface area contributed by atoms with E-state index in [2.05, 4.69) is 39.5 Å². The third-order valence-corrected chi connectivity index (χ3v) is 9.83. The molecule has 0 radical (unpaired) electrons. The molecule has 222 valence electrons. The first-order valence-electron chi connectivity index (χ1n) is 14.9. The lowest BCUT2D eigenvalue weighted by atomic mass is 9.75. The van der Waals surface area contributed by atoms with E-state index in [0.29, 0.717) is 18.1 Å². The second-order valence-corrected chi connectivity index (χ2v) is 14.8. The third kappa shape index (κ3) is 6.51. The van der Waals surface area contributed by atoms with E-state index in [0.717, 1.165) is 31.2 Å². The molecule has 4 atom stereocenters. The number of nitrogens with zero attached hydrogens (tertiary/aromatic N) is 3. The van der Waals surface area contributed by atoms with Crippen molar-refractivity contribution in [1.29, 1.82) is 0 Å². The minimum absolute atomic E-state index is 0.0620. The molecule has 1 aromatic rings. The molecule has 1 aromatic carbocycles. The molecule has 1 saturated carbocycles. The van der Waals surface area contributed by atoms with Crippen molar-refractivity contribution in [3.05, 3.63) is 34.9 Å². The van der Waals surface area contributed by atoms with Crippen molar-refractivity contribution in [3.8, 4) is 0 Å². The zero-order chi connectivity index (χ0) is 29.6. The number of likely N-dealkylation sites (tertiary alicyclic amines) is 2. The molecular weight excluding hydrogens is 526 g/mol. The molecule has 1 N–H and O–H groups in total. The second kappa shape index (κ2) is 11.6. The maximum Gasteiger partial charge on any atom is 0.326 e. The van der Waals surface area contributed by atoms with Gasteiger partial charge in [-0.15, -0.1) is 0 Å². The van der Waals surface area contributed by atoms with Gasteiger partial charge >= 0.3 is 5.97 Å². The van der Waals surface area contributed by atoms with Crippen LogP contribution >= 0.6 is 11.6 Å². The molecule has 0 unspecified atom stereocenters. The summed E-state index contributed by atoms with van der Waals surface area (Å²) < 4.78 is 0. The molecule has 0 aromatic heterocycles. The van der Waals surface area contributed by atoms with Crippen molar-refractivity contribution in [1.82, 2.24) is 14.7 Å². The summed E-state index contributed by atoms with van der Waals surface area (Å²) in [6.07, 6.45) is 4.17. The van der Waals surface area contributed by atoms with Crippen molar-refractivity contribution in [2.75, 3.05) is 19.6 Å². The van der Waals surface area contributed by atoms with Gasteiger partial charge in [-0.2, -0.15) is 0 Å². The highest BCUT2D eigenvalue weighted by Crippen LogP contribution is 2.41. The molecule has 7 nitrogen and oxygen atoms in total. The lowest BCUT2D eigenvalue weighted by Gasteiger charge is -2.43. The van der Waals surface area contributed by atoms with E-state index >= 15 is 0 Å². The van der Waals surface area contributed by atoms with Gasteiger partial charge in [0.2, 0.25) is 11.8 Å². The van der Waals surface area contributed by atoms with Crippen molar-refractivity contribution in [2.45, 2.75) is 110 Å². The Morgan fingerprint density at radius 1 is 1.00 bits per heavy atom. The minimum atomic E-state index is -0.994. The van der Waals surface area contributed by atoms with Crippen molar-refractivity contribution >= 4 is 29.4 Å². The Hall–Kier alpha value is -2.12. The highest BCUT2D eigenvalue weighted by Gasteiger charge is 2.50. The van der Waals surface area contributed by atoms with Gasteiger partial charge in [0.25, 0.3) is 0 Å². The third-order valence-electron chi connectivity index (χ3n) is 9.57. The lowest BCUT2D eigenvalue weighted by Crippen LogP contribution is -2.52. The summed E-state index contributed by atoms with van der Waals surface area (Å²) in [5.41, 5.74) is 1.16. The molecule has 0 spiro atoms. The van der Waals surface area contributed by atoms with Crippen LogP contribution in [-0.2, 0) is 14.4 Å². The number of benzene rings is 1. The van der Waals surface area contributed by atoms with Crippen LogP contribution in [0.1, 0.15) is 92.1 Å². The molecule has 3 aliphatic rings. The number of halogens is 1. The standard InChI is InChI=1S/C32H48ClN3O4/c1-20(2)28(37)36(23-12-14-32(6,7)15-13-23)24-16-27(30(39)40)35(17-24)29(38)26-19-34(31(3,4)5)18-25(26)21-8-10-22(33)11-9-21/h8-11,20,23-27H,12-19H2,1-7H3,(H,39,40)/t24-,25-,26+,27-/m0/s1. The Labute approximate surface area is 245 Å². The largest absolute Gasteiger partial charge is 0.480 e. The van der Waals surface area contributed by atoms with Crippen LogP contribution in [-0.4, -0.2) is 80.9 Å². The molecule has 1 aliphatic carbocycles. The average molecular weight is 574 g/mol. The highest BCUT2D eigenvalue weighted by molar-refractivity contribution is 6.30. The van der Waals surface area contributed by atoms with Crippen LogP contribution in [0.15, 0.2) is 24.3 Å². The van der Waals surface area contributed by atoms with Gasteiger partial charge in [-0.05, 0) is 69.6 Å². The number of hydrogen-bond donors (Lipinski definition) is 1. The van der Waals surface area contributed by atoms with Gasteiger partial charge in [0.15, 0.2) is 0 Å². The summed E-state index contributed by atoms with van der Waals surface area (Å²) in [5, 5.41) is 10.9. The number of carboxylic acids is 1. The summed E-state index contributed by atoms with van der Waals surface area (Å²) in [4.78, 5) is 46.3. The SMILES string of the molecule is CC(C)C(=O)N(C1CCC(C)(C)CC1)[C@H]1C[C@@H](C(=O)O)N(C(=O)[C@@H]2CN(C(C)(C)C)C[C@H]2c2ccc(Cl)cc2)C1. The fourth-order valence-electron chi connectivity index (χ4n) is 6.97. The monoisotopic (exact) mass is 573 g/mol.